The van der Waals surface area contributed by atoms with Crippen LogP contribution in [-0.4, -0.2) is 38.8 Å². The number of halogens is 1. The molecule has 2 aliphatic rings. The van der Waals surface area contributed by atoms with Gasteiger partial charge in [-0.2, -0.15) is 9.57 Å². The maximum atomic E-state index is 13.7. The Bertz CT molecular complexity index is 1170. The Hall–Kier alpha value is -2.96. The van der Waals surface area contributed by atoms with E-state index in [1.54, 1.807) is 12.1 Å². The highest BCUT2D eigenvalue weighted by Crippen LogP contribution is 2.47. The van der Waals surface area contributed by atoms with Crippen molar-refractivity contribution in [2.75, 3.05) is 25.5 Å². The number of rotatable bonds is 6. The predicted molar refractivity (Wildman–Crippen MR) is 116 cm³/mol. The summed E-state index contributed by atoms with van der Waals surface area (Å²) < 4.78 is 46.3. The van der Waals surface area contributed by atoms with Crippen molar-refractivity contribution < 1.29 is 22.3 Å². The van der Waals surface area contributed by atoms with Crippen LogP contribution in [0.1, 0.15) is 31.2 Å². The van der Waals surface area contributed by atoms with Gasteiger partial charge in [-0.25, -0.2) is 12.8 Å². The van der Waals surface area contributed by atoms with E-state index in [4.69, 9.17) is 4.74 Å². The molecule has 0 aromatic heterocycles. The van der Waals surface area contributed by atoms with Crippen LogP contribution in [0.15, 0.2) is 47.4 Å². The monoisotopic (exact) mass is 457 g/mol. The van der Waals surface area contributed by atoms with Gasteiger partial charge in [-0.15, -0.1) is 0 Å². The highest BCUT2D eigenvalue weighted by Gasteiger charge is 2.44. The van der Waals surface area contributed by atoms with Crippen LogP contribution in [0, 0.1) is 23.1 Å². The molecule has 0 radical (unpaired) electrons. The molecule has 1 amide bonds. The first-order chi connectivity index (χ1) is 15.3. The number of ether oxygens (including phenoxy) is 1. The molecular formula is C23H24FN3O4S. The van der Waals surface area contributed by atoms with E-state index in [0.29, 0.717) is 18.5 Å². The van der Waals surface area contributed by atoms with E-state index in [2.05, 4.69) is 11.4 Å². The minimum atomic E-state index is -4.03. The molecule has 0 spiro atoms. The summed E-state index contributed by atoms with van der Waals surface area (Å²) in [4.78, 5) is 12.6. The first-order valence-electron chi connectivity index (χ1n) is 10.5. The van der Waals surface area contributed by atoms with Crippen LogP contribution in [0.2, 0.25) is 0 Å². The standard InChI is InChI=1S/C23H24FN3O4S/c1-31-20-9-6-18(24)13-21(20)32(29,30)27-12-2-3-16(14-27)22(28)26-19-7-4-17(5-8-19)23(15-25)10-11-23/h4-9,13,16H,2-3,10-12,14H2,1H3,(H,26,28). The molecule has 0 bridgehead atoms. The number of carbonyl (C=O) groups is 1. The predicted octanol–water partition coefficient (Wildman–Crippen LogP) is 3.43. The molecule has 168 valence electrons. The zero-order valence-electron chi connectivity index (χ0n) is 17.7. The molecule has 1 unspecified atom stereocenters. The maximum absolute atomic E-state index is 13.7. The maximum Gasteiger partial charge on any atom is 0.246 e. The molecule has 2 fully saturated rings. The second kappa shape index (κ2) is 8.52. The normalized spacial score (nSPS) is 20.2. The van der Waals surface area contributed by atoms with Crippen molar-refractivity contribution >= 4 is 21.6 Å². The van der Waals surface area contributed by atoms with E-state index in [1.807, 2.05) is 12.1 Å². The highest BCUT2D eigenvalue weighted by molar-refractivity contribution is 7.89. The van der Waals surface area contributed by atoms with Gasteiger partial charge in [-0.1, -0.05) is 12.1 Å². The summed E-state index contributed by atoms with van der Waals surface area (Å²) in [5, 5.41) is 12.2. The zero-order chi connectivity index (χ0) is 22.9. The molecule has 7 nitrogen and oxygen atoms in total. The summed E-state index contributed by atoms with van der Waals surface area (Å²) in [6.07, 6.45) is 2.75. The van der Waals surface area contributed by atoms with Crippen LogP contribution in [0.25, 0.3) is 0 Å². The SMILES string of the molecule is COc1ccc(F)cc1S(=O)(=O)N1CCCC(C(=O)Nc2ccc(C3(C#N)CC3)cc2)C1. The van der Waals surface area contributed by atoms with Crippen LogP contribution in [-0.2, 0) is 20.2 Å². The Morgan fingerprint density at radius 1 is 1.25 bits per heavy atom. The summed E-state index contributed by atoms with van der Waals surface area (Å²) in [5.74, 6) is -1.43. The minimum Gasteiger partial charge on any atom is -0.495 e. The molecule has 32 heavy (non-hydrogen) atoms. The molecular weight excluding hydrogens is 433 g/mol. The molecule has 1 atom stereocenters. The van der Waals surface area contributed by atoms with E-state index in [9.17, 15) is 22.9 Å². The van der Waals surface area contributed by atoms with Gasteiger partial charge in [0.2, 0.25) is 15.9 Å². The van der Waals surface area contributed by atoms with Crippen molar-refractivity contribution in [2.45, 2.75) is 36.0 Å². The fraction of sp³-hybridized carbons (Fsp3) is 0.391. The van der Waals surface area contributed by atoms with Gasteiger partial charge < -0.3 is 10.1 Å². The molecule has 1 N–H and O–H groups in total. The van der Waals surface area contributed by atoms with Crippen molar-refractivity contribution in [1.29, 1.82) is 5.26 Å². The third-order valence-electron chi connectivity index (χ3n) is 6.17. The zero-order valence-corrected chi connectivity index (χ0v) is 18.5. The van der Waals surface area contributed by atoms with Gasteiger partial charge in [-0.3, -0.25) is 4.79 Å². The van der Waals surface area contributed by atoms with Crippen molar-refractivity contribution in [2.24, 2.45) is 5.92 Å². The number of piperidine rings is 1. The first-order valence-corrected chi connectivity index (χ1v) is 11.9. The second-order valence-electron chi connectivity index (χ2n) is 8.26. The molecule has 1 aliphatic heterocycles. The lowest BCUT2D eigenvalue weighted by molar-refractivity contribution is -0.120. The van der Waals surface area contributed by atoms with Crippen LogP contribution in [0.3, 0.4) is 0 Å². The van der Waals surface area contributed by atoms with Crippen LogP contribution >= 0.6 is 0 Å². The molecule has 2 aromatic carbocycles. The summed E-state index contributed by atoms with van der Waals surface area (Å²) >= 11 is 0. The number of sulfonamides is 1. The average molecular weight is 458 g/mol. The van der Waals surface area contributed by atoms with E-state index >= 15 is 0 Å². The fourth-order valence-corrected chi connectivity index (χ4v) is 5.76. The average Bonchev–Trinajstić information content (AvgIpc) is 3.61. The van der Waals surface area contributed by atoms with Crippen molar-refractivity contribution in [3.8, 4) is 11.8 Å². The number of benzene rings is 2. The largest absolute Gasteiger partial charge is 0.495 e. The molecule has 9 heteroatoms. The molecule has 1 aliphatic carbocycles. The van der Waals surface area contributed by atoms with Crippen LogP contribution in [0.5, 0.6) is 5.75 Å². The quantitative estimate of drug-likeness (QED) is 0.717. The molecule has 1 saturated heterocycles. The summed E-state index contributed by atoms with van der Waals surface area (Å²) in [7, 11) is -2.70. The number of carbonyl (C=O) groups excluding carboxylic acids is 1. The number of nitriles is 1. The molecule has 4 rings (SSSR count). The Kier molecular flexibility index (Phi) is 5.93. The van der Waals surface area contributed by atoms with Gasteiger partial charge in [0.25, 0.3) is 0 Å². The third-order valence-corrected chi connectivity index (χ3v) is 8.05. The van der Waals surface area contributed by atoms with E-state index in [-0.39, 0.29) is 29.6 Å². The summed E-state index contributed by atoms with van der Waals surface area (Å²) in [6.45, 7) is 0.250. The van der Waals surface area contributed by atoms with Crippen LogP contribution in [0.4, 0.5) is 10.1 Å². The first kappa shape index (κ1) is 22.2. The van der Waals surface area contributed by atoms with Crippen molar-refractivity contribution in [3.63, 3.8) is 0 Å². The lowest BCUT2D eigenvalue weighted by atomic mass is 9.97. The number of hydrogen-bond donors (Lipinski definition) is 1. The van der Waals surface area contributed by atoms with Crippen molar-refractivity contribution in [3.05, 3.63) is 53.8 Å². The fourth-order valence-electron chi connectivity index (χ4n) is 4.07. The number of nitrogens with zero attached hydrogens (tertiary/aromatic N) is 2. The van der Waals surface area contributed by atoms with E-state index in [0.717, 1.165) is 30.5 Å². The van der Waals surface area contributed by atoms with Gasteiger partial charge >= 0.3 is 0 Å². The van der Waals surface area contributed by atoms with Gasteiger partial charge in [0, 0.05) is 18.8 Å². The number of hydrogen-bond acceptors (Lipinski definition) is 5. The lowest BCUT2D eigenvalue weighted by Crippen LogP contribution is -2.43. The second-order valence-corrected chi connectivity index (χ2v) is 10.2. The number of nitrogens with one attached hydrogen (secondary N) is 1. The number of amides is 1. The smallest absolute Gasteiger partial charge is 0.246 e. The molecule has 2 aromatic rings. The van der Waals surface area contributed by atoms with Crippen molar-refractivity contribution in [1.82, 2.24) is 4.31 Å². The third kappa shape index (κ3) is 4.20. The van der Waals surface area contributed by atoms with E-state index in [1.165, 1.54) is 17.5 Å². The van der Waals surface area contributed by atoms with Gasteiger partial charge in [0.05, 0.1) is 24.5 Å². The summed E-state index contributed by atoms with van der Waals surface area (Å²) in [6, 6.07) is 12.9. The lowest BCUT2D eigenvalue weighted by Gasteiger charge is -2.31. The van der Waals surface area contributed by atoms with Gasteiger partial charge in [0.1, 0.15) is 16.5 Å². The summed E-state index contributed by atoms with van der Waals surface area (Å²) in [5.41, 5.74) is 1.15. The van der Waals surface area contributed by atoms with Gasteiger partial charge in [0.15, 0.2) is 0 Å². The highest BCUT2D eigenvalue weighted by atomic mass is 32.2. The van der Waals surface area contributed by atoms with Gasteiger partial charge in [-0.05, 0) is 61.6 Å². The Balaban J connectivity index is 1.46. The molecule has 1 saturated carbocycles. The van der Waals surface area contributed by atoms with Crippen LogP contribution < -0.4 is 10.1 Å². The topological polar surface area (TPSA) is 99.5 Å². The van der Waals surface area contributed by atoms with E-state index < -0.39 is 27.2 Å². The molecule has 1 heterocycles. The Labute approximate surface area is 186 Å². The number of anilines is 1. The Morgan fingerprint density at radius 3 is 2.59 bits per heavy atom. The minimum absolute atomic E-state index is 0.00343. The number of methoxy groups -OCH3 is 1. The Morgan fingerprint density at radius 2 is 1.97 bits per heavy atom.